The van der Waals surface area contributed by atoms with Gasteiger partial charge in [-0.25, -0.2) is 4.79 Å². The number of hydrogen-bond donors (Lipinski definition) is 1. The zero-order valence-corrected chi connectivity index (χ0v) is 11.8. The Kier molecular flexibility index (Phi) is 4.32. The third kappa shape index (κ3) is 3.39. The number of carbonyl (C=O) groups excluding carboxylic acids is 1. The second kappa shape index (κ2) is 5.80. The summed E-state index contributed by atoms with van der Waals surface area (Å²) < 4.78 is 0. The van der Waals surface area contributed by atoms with Gasteiger partial charge >= 0.3 is 12.0 Å². The van der Waals surface area contributed by atoms with Crippen molar-refractivity contribution in [3.63, 3.8) is 0 Å². The van der Waals surface area contributed by atoms with E-state index in [1.54, 1.807) is 4.90 Å². The average Bonchev–Trinajstić information content (AvgIpc) is 2.37. The van der Waals surface area contributed by atoms with Crippen molar-refractivity contribution in [1.29, 1.82) is 0 Å². The van der Waals surface area contributed by atoms with Crippen LogP contribution >= 0.6 is 0 Å². The molecule has 0 aromatic carbocycles. The van der Waals surface area contributed by atoms with E-state index in [1.807, 2.05) is 4.90 Å². The average molecular weight is 268 g/mol. The molecule has 5 heteroatoms. The fourth-order valence-electron chi connectivity index (χ4n) is 3.37. The lowest BCUT2D eigenvalue weighted by Gasteiger charge is -2.40. The van der Waals surface area contributed by atoms with Gasteiger partial charge in [0.25, 0.3) is 0 Å². The number of urea groups is 1. The summed E-state index contributed by atoms with van der Waals surface area (Å²) in [6, 6.07) is 0.0318. The zero-order valence-electron chi connectivity index (χ0n) is 11.8. The third-order valence-corrected chi connectivity index (χ3v) is 4.18. The molecule has 2 amide bonds. The molecule has 0 aliphatic carbocycles. The van der Waals surface area contributed by atoms with Crippen LogP contribution in [-0.2, 0) is 4.79 Å². The number of hydrogen-bond acceptors (Lipinski definition) is 2. The molecule has 2 unspecified atom stereocenters. The summed E-state index contributed by atoms with van der Waals surface area (Å²) in [6.45, 7) is 7.02. The van der Waals surface area contributed by atoms with E-state index in [1.165, 1.54) is 6.42 Å². The lowest BCUT2D eigenvalue weighted by Crippen LogP contribution is -2.52. The van der Waals surface area contributed by atoms with Crippen molar-refractivity contribution in [3.05, 3.63) is 0 Å². The van der Waals surface area contributed by atoms with Gasteiger partial charge in [0.2, 0.25) is 0 Å². The molecule has 1 N–H and O–H groups in total. The van der Waals surface area contributed by atoms with Gasteiger partial charge in [-0.2, -0.15) is 0 Å². The smallest absolute Gasteiger partial charge is 0.320 e. The minimum absolute atomic E-state index is 0.0318. The Balaban J connectivity index is 1.96. The number of carboxylic acid groups (broad SMARTS) is 1. The topological polar surface area (TPSA) is 60.9 Å². The molecule has 108 valence electrons. The van der Waals surface area contributed by atoms with E-state index in [9.17, 15) is 9.59 Å². The van der Waals surface area contributed by atoms with Crippen molar-refractivity contribution in [2.24, 2.45) is 17.8 Å². The van der Waals surface area contributed by atoms with Gasteiger partial charge in [-0.3, -0.25) is 4.79 Å². The van der Waals surface area contributed by atoms with Crippen LogP contribution < -0.4 is 0 Å². The van der Waals surface area contributed by atoms with Gasteiger partial charge in [-0.1, -0.05) is 13.8 Å². The number of carbonyl (C=O) groups is 2. The van der Waals surface area contributed by atoms with E-state index in [-0.39, 0.29) is 6.03 Å². The van der Waals surface area contributed by atoms with Crippen LogP contribution in [0.3, 0.4) is 0 Å². The van der Waals surface area contributed by atoms with Crippen LogP contribution in [0, 0.1) is 17.8 Å². The summed E-state index contributed by atoms with van der Waals surface area (Å²) in [5.41, 5.74) is 0. The summed E-state index contributed by atoms with van der Waals surface area (Å²) in [7, 11) is 0. The normalized spacial score (nSPS) is 32.2. The maximum absolute atomic E-state index is 12.5. The Hall–Kier alpha value is -1.26. The minimum Gasteiger partial charge on any atom is -0.481 e. The van der Waals surface area contributed by atoms with Gasteiger partial charge in [-0.05, 0) is 31.1 Å². The second-order valence-electron chi connectivity index (χ2n) is 6.26. The standard InChI is InChI=1S/C14H24N2O3/c1-10-6-11(2)8-16(7-10)14(19)15-5-3-4-12(9-15)13(17)18/h10-12H,3-9H2,1-2H3,(H,17,18)/t10?,11?,12-/m1/s1. The number of piperidine rings is 2. The highest BCUT2D eigenvalue weighted by Gasteiger charge is 2.33. The molecule has 0 spiro atoms. The van der Waals surface area contributed by atoms with Crippen LogP contribution in [0.5, 0.6) is 0 Å². The molecule has 0 saturated carbocycles. The number of carboxylic acids is 1. The lowest BCUT2D eigenvalue weighted by molar-refractivity contribution is -0.143. The van der Waals surface area contributed by atoms with Gasteiger partial charge in [0.05, 0.1) is 5.92 Å². The van der Waals surface area contributed by atoms with E-state index in [2.05, 4.69) is 13.8 Å². The number of likely N-dealkylation sites (tertiary alicyclic amines) is 2. The molecule has 0 bridgehead atoms. The molecule has 19 heavy (non-hydrogen) atoms. The van der Waals surface area contributed by atoms with Crippen molar-refractivity contribution < 1.29 is 14.7 Å². The Bertz CT molecular complexity index is 349. The first-order valence-corrected chi connectivity index (χ1v) is 7.24. The molecular weight excluding hydrogens is 244 g/mol. The van der Waals surface area contributed by atoms with E-state index >= 15 is 0 Å². The van der Waals surface area contributed by atoms with Gasteiger partial charge in [0.1, 0.15) is 0 Å². The highest BCUT2D eigenvalue weighted by molar-refractivity contribution is 5.76. The highest BCUT2D eigenvalue weighted by Crippen LogP contribution is 2.24. The van der Waals surface area contributed by atoms with E-state index in [4.69, 9.17) is 5.11 Å². The first-order chi connectivity index (χ1) is 8.97. The number of aliphatic carboxylic acids is 1. The predicted octanol–water partition coefficient (Wildman–Crippen LogP) is 1.88. The third-order valence-electron chi connectivity index (χ3n) is 4.18. The largest absolute Gasteiger partial charge is 0.481 e. The van der Waals surface area contributed by atoms with Crippen molar-refractivity contribution in [2.75, 3.05) is 26.2 Å². The van der Waals surface area contributed by atoms with Crippen molar-refractivity contribution >= 4 is 12.0 Å². The van der Waals surface area contributed by atoms with Crippen molar-refractivity contribution in [1.82, 2.24) is 9.80 Å². The summed E-state index contributed by atoms with van der Waals surface area (Å²) in [5, 5.41) is 9.08. The molecule has 2 fully saturated rings. The summed E-state index contributed by atoms with van der Waals surface area (Å²) in [5.74, 6) is -0.101. The van der Waals surface area contributed by atoms with Gasteiger partial charge in [-0.15, -0.1) is 0 Å². The SMILES string of the molecule is CC1CC(C)CN(C(=O)N2CCC[C@@H](C(=O)O)C2)C1. The Morgan fingerprint density at radius 1 is 1.05 bits per heavy atom. The van der Waals surface area contributed by atoms with Crippen LogP contribution in [0.25, 0.3) is 0 Å². The van der Waals surface area contributed by atoms with Crippen LogP contribution in [0.2, 0.25) is 0 Å². The van der Waals surface area contributed by atoms with Crippen molar-refractivity contribution in [2.45, 2.75) is 33.1 Å². The fourth-order valence-corrected chi connectivity index (χ4v) is 3.37. The molecule has 3 atom stereocenters. The van der Waals surface area contributed by atoms with Crippen LogP contribution in [0.4, 0.5) is 4.79 Å². The molecule has 0 radical (unpaired) electrons. The molecule has 2 aliphatic rings. The monoisotopic (exact) mass is 268 g/mol. The Morgan fingerprint density at radius 2 is 1.68 bits per heavy atom. The van der Waals surface area contributed by atoms with Gasteiger partial charge in [0, 0.05) is 26.2 Å². The fraction of sp³-hybridized carbons (Fsp3) is 0.857. The first-order valence-electron chi connectivity index (χ1n) is 7.24. The maximum atomic E-state index is 12.5. The number of rotatable bonds is 1. The molecule has 0 aromatic heterocycles. The molecule has 5 nitrogen and oxygen atoms in total. The molecule has 2 heterocycles. The minimum atomic E-state index is -0.780. The van der Waals surface area contributed by atoms with Crippen LogP contribution in [0.15, 0.2) is 0 Å². The Labute approximate surface area is 114 Å². The highest BCUT2D eigenvalue weighted by atomic mass is 16.4. The van der Waals surface area contributed by atoms with Crippen LogP contribution in [-0.4, -0.2) is 53.1 Å². The van der Waals surface area contributed by atoms with E-state index in [0.29, 0.717) is 31.3 Å². The number of amides is 2. The number of nitrogens with zero attached hydrogens (tertiary/aromatic N) is 2. The molecule has 2 rings (SSSR count). The lowest BCUT2D eigenvalue weighted by atomic mass is 9.92. The Morgan fingerprint density at radius 3 is 2.26 bits per heavy atom. The van der Waals surface area contributed by atoms with E-state index in [0.717, 1.165) is 19.5 Å². The summed E-state index contributed by atoms with van der Waals surface area (Å²) in [4.78, 5) is 27.2. The zero-order chi connectivity index (χ0) is 14.0. The molecule has 2 aliphatic heterocycles. The predicted molar refractivity (Wildman–Crippen MR) is 71.8 cm³/mol. The summed E-state index contributed by atoms with van der Waals surface area (Å²) in [6.07, 6.45) is 2.65. The summed E-state index contributed by atoms with van der Waals surface area (Å²) >= 11 is 0. The van der Waals surface area contributed by atoms with Gasteiger partial charge < -0.3 is 14.9 Å². The first kappa shape index (κ1) is 14.2. The van der Waals surface area contributed by atoms with Crippen molar-refractivity contribution in [3.8, 4) is 0 Å². The molecule has 2 saturated heterocycles. The van der Waals surface area contributed by atoms with E-state index < -0.39 is 11.9 Å². The maximum Gasteiger partial charge on any atom is 0.320 e. The molecule has 0 aromatic rings. The van der Waals surface area contributed by atoms with Crippen LogP contribution in [0.1, 0.15) is 33.1 Å². The quantitative estimate of drug-likeness (QED) is 0.790. The van der Waals surface area contributed by atoms with Gasteiger partial charge in [0.15, 0.2) is 0 Å². The second-order valence-corrected chi connectivity index (χ2v) is 6.26. The molecular formula is C14H24N2O3.